The van der Waals surface area contributed by atoms with Gasteiger partial charge in [0.2, 0.25) is 0 Å². The summed E-state index contributed by atoms with van der Waals surface area (Å²) in [6.07, 6.45) is -0.194. The van der Waals surface area contributed by atoms with Crippen LogP contribution in [0.15, 0.2) is 30.3 Å². The quantitative estimate of drug-likeness (QED) is 0.388. The molecule has 1 unspecified atom stereocenters. The highest BCUT2D eigenvalue weighted by Crippen LogP contribution is 2.04. The number of hydrogen-bond donors (Lipinski definition) is 0. The second-order valence-corrected chi connectivity index (χ2v) is 4.00. The summed E-state index contributed by atoms with van der Waals surface area (Å²) in [5.41, 5.74) is 1.09. The van der Waals surface area contributed by atoms with Crippen LogP contribution in [0.4, 0.5) is 0 Å². The standard InChI is InChI=1S/C14H20O5/c1-12(15)19-11-17-10-14(9-16-2)18-8-13-6-4-3-5-7-13/h3-7,14H,8-11H2,1-2H3. The summed E-state index contributed by atoms with van der Waals surface area (Å²) in [6.45, 7) is 2.50. The van der Waals surface area contributed by atoms with Gasteiger partial charge in [-0.05, 0) is 5.56 Å². The smallest absolute Gasteiger partial charge is 0.304 e. The van der Waals surface area contributed by atoms with Gasteiger partial charge in [-0.3, -0.25) is 4.79 Å². The molecule has 0 aliphatic heterocycles. The number of rotatable bonds is 9. The van der Waals surface area contributed by atoms with Crippen LogP contribution in [0.1, 0.15) is 12.5 Å². The van der Waals surface area contributed by atoms with Gasteiger partial charge in [0.05, 0.1) is 19.8 Å². The van der Waals surface area contributed by atoms with E-state index in [0.717, 1.165) is 5.56 Å². The van der Waals surface area contributed by atoms with Crippen molar-refractivity contribution in [3.63, 3.8) is 0 Å². The van der Waals surface area contributed by atoms with Crippen molar-refractivity contribution in [3.05, 3.63) is 35.9 Å². The zero-order valence-corrected chi connectivity index (χ0v) is 11.3. The fourth-order valence-corrected chi connectivity index (χ4v) is 1.42. The maximum absolute atomic E-state index is 10.6. The molecule has 5 nitrogen and oxygen atoms in total. The zero-order valence-electron chi connectivity index (χ0n) is 11.3. The monoisotopic (exact) mass is 268 g/mol. The van der Waals surface area contributed by atoms with Crippen LogP contribution in [0.2, 0.25) is 0 Å². The summed E-state index contributed by atoms with van der Waals surface area (Å²) < 4.78 is 20.6. The molecule has 1 aromatic rings. The van der Waals surface area contributed by atoms with Crippen LogP contribution in [0, 0.1) is 0 Å². The Hall–Kier alpha value is -1.43. The molecule has 0 aliphatic rings. The van der Waals surface area contributed by atoms with E-state index >= 15 is 0 Å². The number of carbonyl (C=O) groups is 1. The molecular formula is C14H20O5. The molecule has 0 aliphatic carbocycles. The third kappa shape index (κ3) is 7.56. The molecule has 1 aromatic carbocycles. The Bertz CT molecular complexity index is 352. The fourth-order valence-electron chi connectivity index (χ4n) is 1.42. The summed E-state index contributed by atoms with van der Waals surface area (Å²) in [7, 11) is 1.60. The van der Waals surface area contributed by atoms with Crippen LogP contribution in [0.25, 0.3) is 0 Å². The first kappa shape index (κ1) is 15.6. The van der Waals surface area contributed by atoms with Crippen molar-refractivity contribution in [3.8, 4) is 0 Å². The third-order valence-corrected chi connectivity index (χ3v) is 2.33. The van der Waals surface area contributed by atoms with Crippen molar-refractivity contribution in [2.24, 2.45) is 0 Å². The molecule has 0 radical (unpaired) electrons. The Morgan fingerprint density at radius 2 is 1.95 bits per heavy atom. The van der Waals surface area contributed by atoms with Crippen LogP contribution in [-0.2, 0) is 30.3 Å². The van der Waals surface area contributed by atoms with Gasteiger partial charge in [0, 0.05) is 14.0 Å². The highest BCUT2D eigenvalue weighted by molar-refractivity contribution is 5.65. The van der Waals surface area contributed by atoms with E-state index in [0.29, 0.717) is 19.8 Å². The molecule has 0 N–H and O–H groups in total. The van der Waals surface area contributed by atoms with E-state index in [9.17, 15) is 4.79 Å². The number of carbonyl (C=O) groups excluding carboxylic acids is 1. The van der Waals surface area contributed by atoms with Crippen molar-refractivity contribution >= 4 is 5.97 Å². The highest BCUT2D eigenvalue weighted by Gasteiger charge is 2.10. The van der Waals surface area contributed by atoms with Crippen LogP contribution in [0.5, 0.6) is 0 Å². The van der Waals surface area contributed by atoms with Gasteiger partial charge in [-0.2, -0.15) is 0 Å². The highest BCUT2D eigenvalue weighted by atomic mass is 16.7. The summed E-state index contributed by atoms with van der Waals surface area (Å²) in [4.78, 5) is 10.6. The average molecular weight is 268 g/mol. The van der Waals surface area contributed by atoms with Crippen molar-refractivity contribution in [1.29, 1.82) is 0 Å². The van der Waals surface area contributed by atoms with Crippen LogP contribution < -0.4 is 0 Å². The number of benzene rings is 1. The van der Waals surface area contributed by atoms with E-state index in [1.807, 2.05) is 30.3 Å². The number of esters is 1. The topological polar surface area (TPSA) is 54.0 Å². The normalized spacial score (nSPS) is 12.1. The van der Waals surface area contributed by atoms with Gasteiger partial charge in [0.25, 0.3) is 0 Å². The van der Waals surface area contributed by atoms with E-state index in [1.54, 1.807) is 7.11 Å². The summed E-state index contributed by atoms with van der Waals surface area (Å²) in [5, 5.41) is 0. The van der Waals surface area contributed by atoms with E-state index in [2.05, 4.69) is 4.74 Å². The molecule has 0 bridgehead atoms. The average Bonchev–Trinajstić information content (AvgIpc) is 2.41. The summed E-state index contributed by atoms with van der Waals surface area (Å²) in [6, 6.07) is 9.86. The molecule has 0 spiro atoms. The second kappa shape index (κ2) is 9.49. The largest absolute Gasteiger partial charge is 0.439 e. The van der Waals surface area contributed by atoms with E-state index in [1.165, 1.54) is 6.92 Å². The van der Waals surface area contributed by atoms with Gasteiger partial charge in [-0.15, -0.1) is 0 Å². The molecule has 1 rings (SSSR count). The molecule has 0 saturated carbocycles. The Balaban J connectivity index is 2.25. The van der Waals surface area contributed by atoms with E-state index in [4.69, 9.17) is 14.2 Å². The van der Waals surface area contributed by atoms with Crippen LogP contribution >= 0.6 is 0 Å². The Morgan fingerprint density at radius 3 is 2.58 bits per heavy atom. The molecule has 0 heterocycles. The minimum atomic E-state index is -0.367. The lowest BCUT2D eigenvalue weighted by Gasteiger charge is -2.17. The Morgan fingerprint density at radius 1 is 1.21 bits per heavy atom. The number of methoxy groups -OCH3 is 1. The van der Waals surface area contributed by atoms with E-state index in [-0.39, 0.29) is 18.9 Å². The second-order valence-electron chi connectivity index (χ2n) is 4.00. The fraction of sp³-hybridized carbons (Fsp3) is 0.500. The third-order valence-electron chi connectivity index (χ3n) is 2.33. The van der Waals surface area contributed by atoms with Gasteiger partial charge in [-0.25, -0.2) is 0 Å². The summed E-state index contributed by atoms with van der Waals surface area (Å²) >= 11 is 0. The first-order chi connectivity index (χ1) is 9.22. The maximum Gasteiger partial charge on any atom is 0.304 e. The molecule has 0 aromatic heterocycles. The minimum absolute atomic E-state index is 0.0652. The van der Waals surface area contributed by atoms with Crippen molar-refractivity contribution in [2.45, 2.75) is 19.6 Å². The van der Waals surface area contributed by atoms with Crippen LogP contribution in [-0.4, -0.2) is 39.2 Å². The Kier molecular flexibility index (Phi) is 7.81. The predicted molar refractivity (Wildman–Crippen MR) is 69.5 cm³/mol. The summed E-state index contributed by atoms with van der Waals surface area (Å²) in [5.74, 6) is -0.367. The SMILES string of the molecule is COCC(COCOC(C)=O)OCc1ccccc1. The van der Waals surface area contributed by atoms with Crippen LogP contribution in [0.3, 0.4) is 0 Å². The van der Waals surface area contributed by atoms with Crippen molar-refractivity contribution in [2.75, 3.05) is 27.1 Å². The number of ether oxygens (including phenoxy) is 4. The molecule has 106 valence electrons. The lowest BCUT2D eigenvalue weighted by molar-refractivity contribution is -0.158. The predicted octanol–water partition coefficient (Wildman–Crippen LogP) is 1.76. The van der Waals surface area contributed by atoms with E-state index < -0.39 is 0 Å². The molecule has 19 heavy (non-hydrogen) atoms. The maximum atomic E-state index is 10.6. The van der Waals surface area contributed by atoms with Crippen molar-refractivity contribution < 1.29 is 23.7 Å². The zero-order chi connectivity index (χ0) is 13.9. The number of hydrogen-bond acceptors (Lipinski definition) is 5. The van der Waals surface area contributed by atoms with Gasteiger partial charge in [-0.1, -0.05) is 30.3 Å². The van der Waals surface area contributed by atoms with Crippen molar-refractivity contribution in [1.82, 2.24) is 0 Å². The lowest BCUT2D eigenvalue weighted by Crippen LogP contribution is -2.26. The van der Waals surface area contributed by atoms with Gasteiger partial charge < -0.3 is 18.9 Å². The molecule has 1 atom stereocenters. The molecule has 0 fully saturated rings. The Labute approximate surface area is 113 Å². The molecule has 0 amide bonds. The van der Waals surface area contributed by atoms with Gasteiger partial charge in [0.1, 0.15) is 6.10 Å². The lowest BCUT2D eigenvalue weighted by atomic mass is 10.2. The first-order valence-corrected chi connectivity index (χ1v) is 6.08. The molecule has 0 saturated heterocycles. The molecular weight excluding hydrogens is 248 g/mol. The van der Waals surface area contributed by atoms with Gasteiger partial charge >= 0.3 is 5.97 Å². The first-order valence-electron chi connectivity index (χ1n) is 6.08. The minimum Gasteiger partial charge on any atom is -0.439 e. The van der Waals surface area contributed by atoms with Gasteiger partial charge in [0.15, 0.2) is 6.79 Å². The molecule has 5 heteroatoms.